The van der Waals surface area contributed by atoms with Gasteiger partial charge in [-0.05, 0) is 52.7 Å². The second-order valence-electron chi connectivity index (χ2n) is 3.75. The first-order chi connectivity index (χ1) is 8.15. The second-order valence-corrected chi connectivity index (χ2v) is 6.21. The number of thiophene rings is 1. The highest BCUT2D eigenvalue weighted by molar-refractivity contribution is 9.11. The van der Waals surface area contributed by atoms with Crippen LogP contribution in [0.25, 0.3) is 0 Å². The van der Waals surface area contributed by atoms with Crippen molar-refractivity contribution in [2.75, 3.05) is 11.9 Å². The summed E-state index contributed by atoms with van der Waals surface area (Å²) in [6.45, 7) is 2.36. The molecule has 2 nitrogen and oxygen atoms in total. The van der Waals surface area contributed by atoms with Crippen molar-refractivity contribution in [1.82, 2.24) is 0 Å². The quantitative estimate of drug-likeness (QED) is 0.861. The summed E-state index contributed by atoms with van der Waals surface area (Å²) < 4.78 is 0.983. The Morgan fingerprint density at radius 1 is 1.35 bits per heavy atom. The van der Waals surface area contributed by atoms with E-state index in [1.807, 2.05) is 43.3 Å². The van der Waals surface area contributed by atoms with E-state index >= 15 is 0 Å². The molecule has 0 aliphatic heterocycles. The van der Waals surface area contributed by atoms with E-state index in [0.717, 1.165) is 14.4 Å². The Bertz CT molecular complexity index is 536. The first-order valence-corrected chi connectivity index (χ1v) is 6.85. The molecule has 17 heavy (non-hydrogen) atoms. The van der Waals surface area contributed by atoms with Gasteiger partial charge in [0, 0.05) is 5.69 Å². The first kappa shape index (κ1) is 12.3. The Labute approximate surface area is 113 Å². The number of carbonyl (C=O) groups is 1. The maximum absolute atomic E-state index is 11.8. The number of nitrogens with one attached hydrogen (secondary N) is 1. The molecule has 0 unspecified atom stereocenters. The molecule has 88 valence electrons. The van der Waals surface area contributed by atoms with Crippen LogP contribution in [0.2, 0.25) is 0 Å². The van der Waals surface area contributed by atoms with Crippen molar-refractivity contribution >= 4 is 38.7 Å². The molecule has 0 aliphatic carbocycles. The fourth-order valence-electron chi connectivity index (χ4n) is 1.49. The average molecular weight is 310 g/mol. The molecule has 1 aromatic heterocycles. The molecule has 0 fully saturated rings. The minimum atomic E-state index is 0.113. The Morgan fingerprint density at radius 3 is 2.82 bits per heavy atom. The topological polar surface area (TPSA) is 29.1 Å². The van der Waals surface area contributed by atoms with Crippen molar-refractivity contribution in [3.63, 3.8) is 0 Å². The molecule has 0 aliphatic rings. The van der Waals surface area contributed by atoms with Gasteiger partial charge in [0.1, 0.15) is 0 Å². The predicted octanol–water partition coefficient (Wildman–Crippen LogP) is 4.11. The third kappa shape index (κ3) is 3.41. The van der Waals surface area contributed by atoms with Gasteiger partial charge >= 0.3 is 0 Å². The molecule has 4 heteroatoms. The number of ketones is 1. The SMILES string of the molecule is Cc1cccc(NCC(=O)c2ccc(Br)s2)c1. The number of halogens is 1. The van der Waals surface area contributed by atoms with Gasteiger partial charge in [0.2, 0.25) is 0 Å². The summed E-state index contributed by atoms with van der Waals surface area (Å²) in [6.07, 6.45) is 0. The standard InChI is InChI=1S/C13H12BrNOS/c1-9-3-2-4-10(7-9)15-8-11(16)12-5-6-13(14)17-12/h2-7,15H,8H2,1H3. The van der Waals surface area contributed by atoms with Crippen LogP contribution in [0.5, 0.6) is 0 Å². The van der Waals surface area contributed by atoms with Gasteiger partial charge in [0.25, 0.3) is 0 Å². The lowest BCUT2D eigenvalue weighted by atomic mass is 10.2. The van der Waals surface area contributed by atoms with E-state index in [-0.39, 0.29) is 5.78 Å². The monoisotopic (exact) mass is 309 g/mol. The van der Waals surface area contributed by atoms with Crippen molar-refractivity contribution in [2.24, 2.45) is 0 Å². The Hall–Kier alpha value is -1.13. The summed E-state index contributed by atoms with van der Waals surface area (Å²) in [5.41, 5.74) is 2.16. The van der Waals surface area contributed by atoms with Gasteiger partial charge in [-0.1, -0.05) is 12.1 Å². The maximum atomic E-state index is 11.8. The summed E-state index contributed by atoms with van der Waals surface area (Å²) in [5.74, 6) is 0.113. The summed E-state index contributed by atoms with van der Waals surface area (Å²) >= 11 is 4.81. The highest BCUT2D eigenvalue weighted by Crippen LogP contribution is 2.22. The van der Waals surface area contributed by atoms with Crippen molar-refractivity contribution in [3.05, 3.63) is 50.6 Å². The lowest BCUT2D eigenvalue weighted by Crippen LogP contribution is -2.12. The highest BCUT2D eigenvalue weighted by Gasteiger charge is 2.08. The number of carbonyl (C=O) groups excluding carboxylic acids is 1. The van der Waals surface area contributed by atoms with Gasteiger partial charge < -0.3 is 5.32 Å². The van der Waals surface area contributed by atoms with Crippen molar-refractivity contribution in [1.29, 1.82) is 0 Å². The average Bonchev–Trinajstić information content (AvgIpc) is 2.73. The molecule has 1 N–H and O–H groups in total. The molecular formula is C13H12BrNOS. The zero-order chi connectivity index (χ0) is 12.3. The van der Waals surface area contributed by atoms with E-state index in [0.29, 0.717) is 6.54 Å². The fraction of sp³-hybridized carbons (Fsp3) is 0.154. The van der Waals surface area contributed by atoms with E-state index in [1.54, 1.807) is 0 Å². The summed E-state index contributed by atoms with van der Waals surface area (Å²) in [7, 11) is 0. The third-order valence-electron chi connectivity index (χ3n) is 2.32. The number of Topliss-reactive ketones (excluding diaryl/α,β-unsaturated/α-hetero) is 1. The first-order valence-electron chi connectivity index (χ1n) is 5.24. The van der Waals surface area contributed by atoms with Gasteiger partial charge in [-0.2, -0.15) is 0 Å². The largest absolute Gasteiger partial charge is 0.378 e. The minimum Gasteiger partial charge on any atom is -0.378 e. The van der Waals surface area contributed by atoms with Gasteiger partial charge in [-0.25, -0.2) is 0 Å². The van der Waals surface area contributed by atoms with Crippen LogP contribution in [-0.2, 0) is 0 Å². The third-order valence-corrected chi connectivity index (χ3v) is 3.98. The molecule has 1 aromatic carbocycles. The van der Waals surface area contributed by atoms with Crippen LogP contribution in [-0.4, -0.2) is 12.3 Å². The highest BCUT2D eigenvalue weighted by atomic mass is 79.9. The minimum absolute atomic E-state index is 0.113. The molecule has 0 amide bonds. The number of anilines is 1. The van der Waals surface area contributed by atoms with Gasteiger partial charge in [0.15, 0.2) is 5.78 Å². The number of hydrogen-bond acceptors (Lipinski definition) is 3. The summed E-state index contributed by atoms with van der Waals surface area (Å²) in [6, 6.07) is 11.7. The summed E-state index contributed by atoms with van der Waals surface area (Å²) in [4.78, 5) is 12.6. The van der Waals surface area contributed by atoms with Crippen LogP contribution in [0.3, 0.4) is 0 Å². The van der Waals surface area contributed by atoms with Gasteiger partial charge in [-0.3, -0.25) is 4.79 Å². The van der Waals surface area contributed by atoms with Crippen LogP contribution < -0.4 is 5.32 Å². The van der Waals surface area contributed by atoms with Crippen molar-refractivity contribution in [3.8, 4) is 0 Å². The molecule has 2 aromatic rings. The normalized spacial score (nSPS) is 10.2. The van der Waals surface area contributed by atoms with E-state index in [9.17, 15) is 4.79 Å². The van der Waals surface area contributed by atoms with Crippen LogP contribution in [0.1, 0.15) is 15.2 Å². The van der Waals surface area contributed by atoms with Crippen LogP contribution in [0, 0.1) is 6.92 Å². The fourth-order valence-corrected chi connectivity index (χ4v) is 2.81. The number of aryl methyl sites for hydroxylation is 1. The van der Waals surface area contributed by atoms with E-state index in [2.05, 4.69) is 21.2 Å². The molecule has 0 saturated carbocycles. The van der Waals surface area contributed by atoms with Crippen molar-refractivity contribution in [2.45, 2.75) is 6.92 Å². The number of rotatable bonds is 4. The van der Waals surface area contributed by atoms with Crippen molar-refractivity contribution < 1.29 is 4.79 Å². The van der Waals surface area contributed by atoms with E-state index in [1.165, 1.54) is 16.9 Å². The smallest absolute Gasteiger partial charge is 0.191 e. The van der Waals surface area contributed by atoms with E-state index < -0.39 is 0 Å². The zero-order valence-corrected chi connectivity index (χ0v) is 11.8. The van der Waals surface area contributed by atoms with Crippen LogP contribution >= 0.6 is 27.3 Å². The Kier molecular flexibility index (Phi) is 3.97. The molecule has 0 spiro atoms. The molecule has 0 bridgehead atoms. The number of hydrogen-bond donors (Lipinski definition) is 1. The van der Waals surface area contributed by atoms with Gasteiger partial charge in [0.05, 0.1) is 15.2 Å². The van der Waals surface area contributed by atoms with E-state index in [4.69, 9.17) is 0 Å². The Balaban J connectivity index is 1.97. The zero-order valence-electron chi connectivity index (χ0n) is 9.37. The molecule has 2 rings (SSSR count). The molecule has 0 saturated heterocycles. The molecule has 0 radical (unpaired) electrons. The van der Waals surface area contributed by atoms with Gasteiger partial charge in [-0.15, -0.1) is 11.3 Å². The predicted molar refractivity (Wildman–Crippen MR) is 76.0 cm³/mol. The second kappa shape index (κ2) is 5.47. The summed E-state index contributed by atoms with van der Waals surface area (Å²) in [5, 5.41) is 3.13. The Morgan fingerprint density at radius 2 is 2.18 bits per heavy atom. The maximum Gasteiger partial charge on any atom is 0.191 e. The lowest BCUT2D eigenvalue weighted by Gasteiger charge is -2.05. The molecule has 1 heterocycles. The van der Waals surface area contributed by atoms with Crippen LogP contribution in [0.15, 0.2) is 40.2 Å². The lowest BCUT2D eigenvalue weighted by molar-refractivity contribution is 0.101. The molecular weight excluding hydrogens is 298 g/mol. The number of benzene rings is 1. The molecule has 0 atom stereocenters. The van der Waals surface area contributed by atoms with Crippen LogP contribution in [0.4, 0.5) is 5.69 Å².